The third-order valence-corrected chi connectivity index (χ3v) is 5.73. The number of aliphatic hydroxyl groups excluding tert-OH is 3. The fraction of sp³-hybridized carbons (Fsp3) is 0.556. The van der Waals surface area contributed by atoms with Crippen LogP contribution in [-0.4, -0.2) is 59.4 Å². The maximum Gasteiger partial charge on any atom is 0.0799 e. The number of aliphatic hydroxyl groups is 3. The van der Waals surface area contributed by atoms with E-state index in [0.717, 1.165) is 25.8 Å². The molecule has 4 N–H and O–H groups in total. The molecule has 2 aromatic carbocycles. The minimum absolute atomic E-state index is 0.169. The SMILES string of the molecule is Cc1ccccc1Cc1ccc(CCCCNC(C)(C)CO)cc1.OC1COCC(O)C1. The minimum atomic E-state index is -0.459. The van der Waals surface area contributed by atoms with Gasteiger partial charge in [0.05, 0.1) is 32.0 Å². The van der Waals surface area contributed by atoms with E-state index < -0.39 is 12.2 Å². The maximum absolute atomic E-state index is 9.21. The predicted octanol–water partition coefficient (Wildman–Crippen LogP) is 3.40. The van der Waals surface area contributed by atoms with Crippen LogP contribution in [0.15, 0.2) is 48.5 Å². The van der Waals surface area contributed by atoms with Crippen molar-refractivity contribution in [2.45, 2.75) is 70.6 Å². The molecule has 1 aliphatic rings. The molecule has 0 spiro atoms. The molecule has 0 aromatic heterocycles. The number of benzene rings is 2. The van der Waals surface area contributed by atoms with Gasteiger partial charge in [-0.2, -0.15) is 0 Å². The summed E-state index contributed by atoms with van der Waals surface area (Å²) < 4.78 is 4.79. The first-order chi connectivity index (χ1) is 15.3. The number of ether oxygens (including phenoxy) is 1. The maximum atomic E-state index is 9.21. The zero-order valence-electron chi connectivity index (χ0n) is 19.9. The van der Waals surface area contributed by atoms with E-state index in [2.05, 4.69) is 60.8 Å². The van der Waals surface area contributed by atoms with Crippen molar-refractivity contribution in [2.75, 3.05) is 26.4 Å². The van der Waals surface area contributed by atoms with Gasteiger partial charge in [-0.3, -0.25) is 0 Å². The second kappa shape index (κ2) is 13.7. The first kappa shape index (κ1) is 26.5. The Morgan fingerprint density at radius 1 is 0.938 bits per heavy atom. The number of hydrogen-bond donors (Lipinski definition) is 4. The molecule has 1 saturated heterocycles. The minimum Gasteiger partial charge on any atom is -0.394 e. The van der Waals surface area contributed by atoms with Crippen LogP contribution in [0.1, 0.15) is 55.4 Å². The van der Waals surface area contributed by atoms with Crippen LogP contribution in [0.2, 0.25) is 0 Å². The van der Waals surface area contributed by atoms with Crippen molar-refractivity contribution in [3.8, 4) is 0 Å². The van der Waals surface area contributed by atoms with Crippen molar-refractivity contribution in [2.24, 2.45) is 0 Å². The standard InChI is InChI=1S/C22H31NO.C5H10O3/c1-18-8-4-5-10-21(18)16-20-13-11-19(12-14-20)9-6-7-15-23-22(2,3)17-24;6-4-1-5(7)3-8-2-4/h4-5,8,10-14,23-24H,6-7,9,15-17H2,1-3H3;4-7H,1-3H2. The summed E-state index contributed by atoms with van der Waals surface area (Å²) in [4.78, 5) is 0. The Hall–Kier alpha value is -1.76. The van der Waals surface area contributed by atoms with Crippen molar-refractivity contribution in [1.29, 1.82) is 0 Å². The molecule has 2 atom stereocenters. The Morgan fingerprint density at radius 3 is 2.12 bits per heavy atom. The van der Waals surface area contributed by atoms with E-state index in [4.69, 9.17) is 14.9 Å². The molecular weight excluding hydrogens is 402 g/mol. The van der Waals surface area contributed by atoms with Crippen molar-refractivity contribution in [3.05, 3.63) is 70.8 Å². The van der Waals surface area contributed by atoms with Gasteiger partial charge in [0.1, 0.15) is 0 Å². The van der Waals surface area contributed by atoms with E-state index in [1.54, 1.807) is 0 Å². The Labute approximate surface area is 193 Å². The largest absolute Gasteiger partial charge is 0.394 e. The van der Waals surface area contributed by atoms with Gasteiger partial charge in [0.25, 0.3) is 0 Å². The fourth-order valence-electron chi connectivity index (χ4n) is 3.58. The van der Waals surface area contributed by atoms with E-state index in [-0.39, 0.29) is 12.1 Å². The van der Waals surface area contributed by atoms with Gasteiger partial charge in [-0.05, 0) is 75.3 Å². The molecule has 0 bridgehead atoms. The molecular formula is C27H41NO4. The molecule has 3 rings (SSSR count). The van der Waals surface area contributed by atoms with Gasteiger partial charge in [-0.15, -0.1) is 0 Å². The van der Waals surface area contributed by atoms with E-state index in [1.807, 2.05) is 13.8 Å². The highest BCUT2D eigenvalue weighted by atomic mass is 16.5. The summed E-state index contributed by atoms with van der Waals surface area (Å²) in [7, 11) is 0. The number of unbranched alkanes of at least 4 members (excludes halogenated alkanes) is 1. The number of nitrogens with one attached hydrogen (secondary N) is 1. The lowest BCUT2D eigenvalue weighted by Crippen LogP contribution is -2.43. The molecule has 178 valence electrons. The highest BCUT2D eigenvalue weighted by Crippen LogP contribution is 2.15. The van der Waals surface area contributed by atoms with Crippen LogP contribution in [-0.2, 0) is 17.6 Å². The van der Waals surface area contributed by atoms with E-state index >= 15 is 0 Å². The van der Waals surface area contributed by atoms with Gasteiger partial charge in [0, 0.05) is 12.0 Å². The van der Waals surface area contributed by atoms with Crippen LogP contribution < -0.4 is 5.32 Å². The molecule has 2 aromatic rings. The lowest BCUT2D eigenvalue weighted by Gasteiger charge is -2.23. The van der Waals surface area contributed by atoms with Crippen molar-refractivity contribution < 1.29 is 20.1 Å². The summed E-state index contributed by atoms with van der Waals surface area (Å²) in [5, 5.41) is 30.2. The summed E-state index contributed by atoms with van der Waals surface area (Å²) >= 11 is 0. The van der Waals surface area contributed by atoms with Crippen molar-refractivity contribution in [1.82, 2.24) is 5.32 Å². The van der Waals surface area contributed by atoms with Gasteiger partial charge in [-0.1, -0.05) is 48.5 Å². The molecule has 5 heteroatoms. The van der Waals surface area contributed by atoms with Crippen LogP contribution in [0.3, 0.4) is 0 Å². The van der Waals surface area contributed by atoms with Crippen LogP contribution in [0.4, 0.5) is 0 Å². The molecule has 1 aliphatic heterocycles. The molecule has 0 saturated carbocycles. The fourth-order valence-corrected chi connectivity index (χ4v) is 3.58. The predicted molar refractivity (Wildman–Crippen MR) is 130 cm³/mol. The zero-order valence-corrected chi connectivity index (χ0v) is 19.9. The van der Waals surface area contributed by atoms with Crippen LogP contribution >= 0.6 is 0 Å². The Bertz CT molecular complexity index is 767. The highest BCUT2D eigenvalue weighted by molar-refractivity contribution is 5.33. The molecule has 32 heavy (non-hydrogen) atoms. The summed E-state index contributed by atoms with van der Waals surface area (Å²) in [5.74, 6) is 0. The normalized spacial score (nSPS) is 18.7. The first-order valence-corrected chi connectivity index (χ1v) is 11.7. The molecule has 5 nitrogen and oxygen atoms in total. The summed E-state index contributed by atoms with van der Waals surface area (Å²) in [6.45, 7) is 8.11. The molecule has 0 amide bonds. The molecule has 1 heterocycles. The number of aryl methyl sites for hydroxylation is 2. The van der Waals surface area contributed by atoms with Crippen LogP contribution in [0.5, 0.6) is 0 Å². The topological polar surface area (TPSA) is 82.0 Å². The monoisotopic (exact) mass is 443 g/mol. The lowest BCUT2D eigenvalue weighted by molar-refractivity contribution is -0.0714. The van der Waals surface area contributed by atoms with Crippen molar-refractivity contribution in [3.63, 3.8) is 0 Å². The lowest BCUT2D eigenvalue weighted by atomic mass is 9.99. The van der Waals surface area contributed by atoms with Crippen LogP contribution in [0, 0.1) is 6.92 Å². The molecule has 2 unspecified atom stereocenters. The van der Waals surface area contributed by atoms with Gasteiger partial charge in [0.15, 0.2) is 0 Å². The summed E-state index contributed by atoms with van der Waals surface area (Å²) in [5.41, 5.74) is 5.38. The van der Waals surface area contributed by atoms with Gasteiger partial charge in [0.2, 0.25) is 0 Å². The second-order valence-corrected chi connectivity index (χ2v) is 9.43. The third-order valence-electron chi connectivity index (χ3n) is 5.73. The summed E-state index contributed by atoms with van der Waals surface area (Å²) in [6, 6.07) is 17.6. The number of hydrogen-bond acceptors (Lipinski definition) is 5. The molecule has 0 aliphatic carbocycles. The summed E-state index contributed by atoms with van der Waals surface area (Å²) in [6.07, 6.45) is 3.97. The van der Waals surface area contributed by atoms with Gasteiger partial charge in [-0.25, -0.2) is 0 Å². The number of rotatable bonds is 9. The molecule has 1 fully saturated rings. The average molecular weight is 444 g/mol. The van der Waals surface area contributed by atoms with E-state index in [9.17, 15) is 5.11 Å². The Balaban J connectivity index is 0.000000380. The smallest absolute Gasteiger partial charge is 0.0799 e. The molecule has 0 radical (unpaired) electrons. The second-order valence-electron chi connectivity index (χ2n) is 9.43. The van der Waals surface area contributed by atoms with Gasteiger partial charge < -0.3 is 25.4 Å². The Morgan fingerprint density at radius 2 is 1.56 bits per heavy atom. The Kier molecular flexibility index (Phi) is 11.4. The van der Waals surface area contributed by atoms with Gasteiger partial charge >= 0.3 is 0 Å². The first-order valence-electron chi connectivity index (χ1n) is 11.7. The zero-order chi connectivity index (χ0) is 23.4. The van der Waals surface area contributed by atoms with E-state index in [0.29, 0.717) is 19.6 Å². The van der Waals surface area contributed by atoms with Crippen molar-refractivity contribution >= 4 is 0 Å². The van der Waals surface area contributed by atoms with Crippen LogP contribution in [0.25, 0.3) is 0 Å². The quantitative estimate of drug-likeness (QED) is 0.447. The third kappa shape index (κ3) is 10.2. The van der Waals surface area contributed by atoms with E-state index in [1.165, 1.54) is 28.7 Å². The average Bonchev–Trinajstić information content (AvgIpc) is 2.76. The highest BCUT2D eigenvalue weighted by Gasteiger charge is 2.17.